The van der Waals surface area contributed by atoms with E-state index in [1.165, 1.54) is 0 Å². The molecule has 0 atom stereocenters. The van der Waals surface area contributed by atoms with E-state index in [1.807, 2.05) is 36.4 Å². The number of ether oxygens (including phenoxy) is 4. The summed E-state index contributed by atoms with van der Waals surface area (Å²) < 4.78 is 20.9. The SMILES string of the molecule is COCOc1ccc2ccccc2c1OCOC. The monoisotopic (exact) mass is 248 g/mol. The molecule has 0 heterocycles. The molecule has 0 amide bonds. The fourth-order valence-corrected chi connectivity index (χ4v) is 1.73. The van der Waals surface area contributed by atoms with E-state index in [0.29, 0.717) is 11.5 Å². The van der Waals surface area contributed by atoms with Crippen molar-refractivity contribution < 1.29 is 18.9 Å². The normalized spacial score (nSPS) is 10.6. The molecule has 0 fully saturated rings. The zero-order valence-corrected chi connectivity index (χ0v) is 10.5. The molecule has 0 radical (unpaired) electrons. The summed E-state index contributed by atoms with van der Waals surface area (Å²) in [5.74, 6) is 1.32. The van der Waals surface area contributed by atoms with Gasteiger partial charge in [-0.3, -0.25) is 0 Å². The fraction of sp³-hybridized carbons (Fsp3) is 0.286. The maximum Gasteiger partial charge on any atom is 0.188 e. The van der Waals surface area contributed by atoms with Gasteiger partial charge in [0.15, 0.2) is 25.1 Å². The van der Waals surface area contributed by atoms with Crippen LogP contribution < -0.4 is 9.47 Å². The molecule has 4 heteroatoms. The topological polar surface area (TPSA) is 36.9 Å². The lowest BCUT2D eigenvalue weighted by molar-refractivity contribution is 0.0332. The highest BCUT2D eigenvalue weighted by atomic mass is 16.7. The maximum absolute atomic E-state index is 5.59. The van der Waals surface area contributed by atoms with Crippen LogP contribution in [0.25, 0.3) is 10.8 Å². The Labute approximate surface area is 106 Å². The van der Waals surface area contributed by atoms with E-state index in [4.69, 9.17) is 18.9 Å². The van der Waals surface area contributed by atoms with Crippen molar-refractivity contribution in [3.8, 4) is 11.5 Å². The smallest absolute Gasteiger partial charge is 0.188 e. The molecular weight excluding hydrogens is 232 g/mol. The highest BCUT2D eigenvalue weighted by Gasteiger charge is 2.10. The second-order valence-corrected chi connectivity index (χ2v) is 3.72. The molecule has 2 aromatic carbocycles. The molecule has 0 N–H and O–H groups in total. The van der Waals surface area contributed by atoms with Crippen LogP contribution in [0.1, 0.15) is 0 Å². The Bertz CT molecular complexity index is 510. The van der Waals surface area contributed by atoms with Gasteiger partial charge in [0.1, 0.15) is 0 Å². The summed E-state index contributed by atoms with van der Waals surface area (Å²) in [5, 5.41) is 2.08. The van der Waals surface area contributed by atoms with Gasteiger partial charge in [0.2, 0.25) is 0 Å². The van der Waals surface area contributed by atoms with Crippen molar-refractivity contribution in [3.05, 3.63) is 36.4 Å². The lowest BCUT2D eigenvalue weighted by atomic mass is 10.1. The van der Waals surface area contributed by atoms with Crippen molar-refractivity contribution >= 4 is 10.8 Å². The van der Waals surface area contributed by atoms with Gasteiger partial charge >= 0.3 is 0 Å². The highest BCUT2D eigenvalue weighted by molar-refractivity contribution is 5.90. The molecule has 0 aliphatic carbocycles. The van der Waals surface area contributed by atoms with Gasteiger partial charge in [0.25, 0.3) is 0 Å². The van der Waals surface area contributed by atoms with Crippen LogP contribution in [0.5, 0.6) is 11.5 Å². The van der Waals surface area contributed by atoms with Crippen LogP contribution in [-0.2, 0) is 9.47 Å². The second kappa shape index (κ2) is 6.23. The van der Waals surface area contributed by atoms with E-state index < -0.39 is 0 Å². The molecule has 2 aromatic rings. The molecule has 0 spiro atoms. The van der Waals surface area contributed by atoms with Crippen LogP contribution in [0, 0.1) is 0 Å². The minimum absolute atomic E-state index is 0.178. The number of hydrogen-bond donors (Lipinski definition) is 0. The average molecular weight is 248 g/mol. The van der Waals surface area contributed by atoms with E-state index in [1.54, 1.807) is 14.2 Å². The Hall–Kier alpha value is -1.78. The molecule has 0 saturated carbocycles. The number of fused-ring (bicyclic) bond motifs is 1. The van der Waals surface area contributed by atoms with Gasteiger partial charge in [0.05, 0.1) is 0 Å². The summed E-state index contributed by atoms with van der Waals surface area (Å²) in [5.41, 5.74) is 0. The van der Waals surface area contributed by atoms with Gasteiger partial charge in [-0.2, -0.15) is 0 Å². The van der Waals surface area contributed by atoms with Crippen molar-refractivity contribution in [2.45, 2.75) is 0 Å². The van der Waals surface area contributed by atoms with Crippen LogP contribution in [-0.4, -0.2) is 27.8 Å². The first-order valence-corrected chi connectivity index (χ1v) is 5.62. The minimum Gasteiger partial charge on any atom is -0.464 e. The quantitative estimate of drug-likeness (QED) is 0.737. The lowest BCUT2D eigenvalue weighted by Crippen LogP contribution is -2.04. The summed E-state index contributed by atoms with van der Waals surface area (Å²) in [4.78, 5) is 0. The van der Waals surface area contributed by atoms with E-state index in [-0.39, 0.29) is 13.6 Å². The summed E-state index contributed by atoms with van der Waals surface area (Å²) in [6, 6.07) is 11.8. The Morgan fingerprint density at radius 2 is 1.56 bits per heavy atom. The average Bonchev–Trinajstić information content (AvgIpc) is 2.43. The number of rotatable bonds is 6. The maximum atomic E-state index is 5.59. The van der Waals surface area contributed by atoms with Crippen LogP contribution in [0.15, 0.2) is 36.4 Å². The molecule has 0 aromatic heterocycles. The van der Waals surface area contributed by atoms with E-state index in [9.17, 15) is 0 Å². The number of methoxy groups -OCH3 is 2. The second-order valence-electron chi connectivity index (χ2n) is 3.72. The van der Waals surface area contributed by atoms with Crippen molar-refractivity contribution in [3.63, 3.8) is 0 Å². The number of benzene rings is 2. The summed E-state index contributed by atoms with van der Waals surface area (Å²) >= 11 is 0. The Morgan fingerprint density at radius 1 is 0.833 bits per heavy atom. The Kier molecular flexibility index (Phi) is 4.39. The Balaban J connectivity index is 2.41. The fourth-order valence-electron chi connectivity index (χ4n) is 1.73. The minimum atomic E-state index is 0.178. The standard InChI is InChI=1S/C14H16O4/c1-15-9-17-13-8-7-11-5-3-4-6-12(11)14(13)18-10-16-2/h3-8H,9-10H2,1-2H3. The predicted octanol–water partition coefficient (Wildman–Crippen LogP) is 2.81. The number of hydrogen-bond acceptors (Lipinski definition) is 4. The van der Waals surface area contributed by atoms with Gasteiger partial charge in [-0.25, -0.2) is 0 Å². The largest absolute Gasteiger partial charge is 0.464 e. The van der Waals surface area contributed by atoms with Crippen molar-refractivity contribution in [1.29, 1.82) is 0 Å². The summed E-state index contributed by atoms with van der Waals surface area (Å²) in [7, 11) is 3.16. The summed E-state index contributed by atoms with van der Waals surface area (Å²) in [6.07, 6.45) is 0. The zero-order chi connectivity index (χ0) is 12.8. The van der Waals surface area contributed by atoms with Gasteiger partial charge in [-0.1, -0.05) is 30.3 Å². The molecule has 96 valence electrons. The molecule has 0 bridgehead atoms. The van der Waals surface area contributed by atoms with Crippen molar-refractivity contribution in [1.82, 2.24) is 0 Å². The van der Waals surface area contributed by atoms with Gasteiger partial charge < -0.3 is 18.9 Å². The van der Waals surface area contributed by atoms with E-state index >= 15 is 0 Å². The van der Waals surface area contributed by atoms with Gasteiger partial charge in [-0.15, -0.1) is 0 Å². The molecule has 0 unspecified atom stereocenters. The third-order valence-corrected chi connectivity index (χ3v) is 2.50. The molecule has 0 aliphatic rings. The van der Waals surface area contributed by atoms with Crippen LogP contribution in [0.2, 0.25) is 0 Å². The van der Waals surface area contributed by atoms with Gasteiger partial charge in [0, 0.05) is 19.6 Å². The first-order chi connectivity index (χ1) is 8.86. The zero-order valence-electron chi connectivity index (χ0n) is 10.5. The van der Waals surface area contributed by atoms with Crippen molar-refractivity contribution in [2.75, 3.05) is 27.8 Å². The molecule has 0 aliphatic heterocycles. The van der Waals surface area contributed by atoms with E-state index in [2.05, 4.69) is 0 Å². The molecule has 2 rings (SSSR count). The van der Waals surface area contributed by atoms with Crippen molar-refractivity contribution in [2.24, 2.45) is 0 Å². The molecule has 0 saturated heterocycles. The van der Waals surface area contributed by atoms with Crippen LogP contribution in [0.3, 0.4) is 0 Å². The third-order valence-electron chi connectivity index (χ3n) is 2.50. The van der Waals surface area contributed by atoms with Crippen LogP contribution >= 0.6 is 0 Å². The Morgan fingerprint density at radius 3 is 2.33 bits per heavy atom. The predicted molar refractivity (Wildman–Crippen MR) is 69.0 cm³/mol. The van der Waals surface area contributed by atoms with Crippen LogP contribution in [0.4, 0.5) is 0 Å². The lowest BCUT2D eigenvalue weighted by Gasteiger charge is -2.14. The van der Waals surface area contributed by atoms with E-state index in [0.717, 1.165) is 10.8 Å². The molecule has 18 heavy (non-hydrogen) atoms. The third kappa shape index (κ3) is 2.72. The first-order valence-electron chi connectivity index (χ1n) is 5.62. The van der Waals surface area contributed by atoms with Gasteiger partial charge in [-0.05, 0) is 11.5 Å². The highest BCUT2D eigenvalue weighted by Crippen LogP contribution is 2.35. The first kappa shape index (κ1) is 12.7. The molecule has 4 nitrogen and oxygen atoms in total. The molecular formula is C14H16O4. The summed E-state index contributed by atoms with van der Waals surface area (Å²) in [6.45, 7) is 0.360.